The number of nitrogens with zero attached hydrogens (tertiary/aromatic N) is 3. The number of amides is 1. The molecule has 7 heteroatoms. The van der Waals surface area contributed by atoms with E-state index >= 15 is 0 Å². The van der Waals surface area contributed by atoms with Crippen molar-refractivity contribution < 1.29 is 4.79 Å². The third-order valence-corrected chi connectivity index (χ3v) is 4.99. The minimum atomic E-state index is -0.0946. The van der Waals surface area contributed by atoms with E-state index in [1.54, 1.807) is 6.20 Å². The third kappa shape index (κ3) is 3.24. The van der Waals surface area contributed by atoms with Crippen LogP contribution in [0.3, 0.4) is 0 Å². The lowest BCUT2D eigenvalue weighted by molar-refractivity contribution is -0.114. The molecule has 0 bridgehead atoms. The van der Waals surface area contributed by atoms with Crippen LogP contribution < -0.4 is 10.2 Å². The monoisotopic (exact) mass is 369 g/mol. The van der Waals surface area contributed by atoms with Gasteiger partial charge in [-0.2, -0.15) is 5.10 Å². The molecule has 3 aromatic rings. The summed E-state index contributed by atoms with van der Waals surface area (Å²) < 4.78 is 0. The molecule has 2 aromatic heterocycles. The maximum atomic E-state index is 11.4. The highest BCUT2D eigenvalue weighted by molar-refractivity contribution is 6.30. The van der Waals surface area contributed by atoms with E-state index in [-0.39, 0.29) is 11.8 Å². The molecular formula is C19H20ClN5O. The van der Waals surface area contributed by atoms with Gasteiger partial charge in [0, 0.05) is 31.3 Å². The van der Waals surface area contributed by atoms with Gasteiger partial charge in [0.1, 0.15) is 11.0 Å². The molecular weight excluding hydrogens is 350 g/mol. The number of piperidine rings is 1. The van der Waals surface area contributed by atoms with Crippen LogP contribution in [-0.2, 0) is 4.79 Å². The van der Waals surface area contributed by atoms with Gasteiger partial charge in [0.2, 0.25) is 5.91 Å². The van der Waals surface area contributed by atoms with Crippen LogP contribution in [0.2, 0.25) is 5.15 Å². The summed E-state index contributed by atoms with van der Waals surface area (Å²) in [6.07, 6.45) is 3.73. The predicted octanol–water partition coefficient (Wildman–Crippen LogP) is 3.95. The molecule has 1 unspecified atom stereocenters. The number of benzene rings is 1. The summed E-state index contributed by atoms with van der Waals surface area (Å²) in [5, 5.41) is 12.7. The molecule has 0 aliphatic carbocycles. The second kappa shape index (κ2) is 6.96. The van der Waals surface area contributed by atoms with Crippen molar-refractivity contribution in [3.05, 3.63) is 47.4 Å². The lowest BCUT2D eigenvalue weighted by Gasteiger charge is -2.34. The number of aromatic nitrogens is 3. The minimum absolute atomic E-state index is 0.0946. The van der Waals surface area contributed by atoms with Gasteiger partial charge in [-0.25, -0.2) is 4.98 Å². The fraction of sp³-hybridized carbons (Fsp3) is 0.316. The Morgan fingerprint density at radius 3 is 3.08 bits per heavy atom. The van der Waals surface area contributed by atoms with Gasteiger partial charge in [0.05, 0.1) is 17.6 Å². The average Bonchev–Trinajstić information content (AvgIpc) is 3.08. The second-order valence-electron chi connectivity index (χ2n) is 6.65. The minimum Gasteiger partial charge on any atom is -0.355 e. The molecule has 1 fully saturated rings. The number of halogens is 1. The van der Waals surface area contributed by atoms with Crippen LogP contribution in [0.25, 0.3) is 10.8 Å². The number of hydrogen-bond acceptors (Lipinski definition) is 4. The summed E-state index contributed by atoms with van der Waals surface area (Å²) in [5.41, 5.74) is 1.73. The van der Waals surface area contributed by atoms with Gasteiger partial charge in [-0.1, -0.05) is 35.9 Å². The Balaban J connectivity index is 1.66. The SMILES string of the molecule is CC(=O)Nc1cn[nH]c1C1CCCN(c2nc(Cl)cc3ccccc23)C1. The van der Waals surface area contributed by atoms with E-state index in [9.17, 15) is 4.79 Å². The van der Waals surface area contributed by atoms with Crippen LogP contribution in [0.4, 0.5) is 11.5 Å². The quantitative estimate of drug-likeness (QED) is 0.685. The number of aromatic amines is 1. The molecule has 3 heterocycles. The van der Waals surface area contributed by atoms with E-state index in [4.69, 9.17) is 11.6 Å². The number of carbonyl (C=O) groups excluding carboxylic acids is 1. The van der Waals surface area contributed by atoms with Crippen molar-refractivity contribution >= 4 is 39.8 Å². The number of fused-ring (bicyclic) bond motifs is 1. The summed E-state index contributed by atoms with van der Waals surface area (Å²) in [6, 6.07) is 10.1. The van der Waals surface area contributed by atoms with Crippen molar-refractivity contribution in [1.82, 2.24) is 15.2 Å². The molecule has 1 amide bonds. The zero-order chi connectivity index (χ0) is 18.1. The van der Waals surface area contributed by atoms with E-state index in [1.165, 1.54) is 6.92 Å². The highest BCUT2D eigenvalue weighted by Crippen LogP contribution is 2.35. The second-order valence-corrected chi connectivity index (χ2v) is 7.04. The molecule has 4 rings (SSSR count). The molecule has 1 aliphatic rings. The first-order chi connectivity index (χ1) is 12.6. The summed E-state index contributed by atoms with van der Waals surface area (Å²) >= 11 is 6.26. The smallest absolute Gasteiger partial charge is 0.221 e. The van der Waals surface area contributed by atoms with Gasteiger partial charge in [0.15, 0.2) is 0 Å². The topological polar surface area (TPSA) is 73.9 Å². The van der Waals surface area contributed by atoms with E-state index in [1.807, 2.05) is 18.2 Å². The zero-order valence-electron chi connectivity index (χ0n) is 14.5. The molecule has 1 atom stereocenters. The first-order valence-electron chi connectivity index (χ1n) is 8.73. The fourth-order valence-electron chi connectivity index (χ4n) is 3.69. The highest BCUT2D eigenvalue weighted by atomic mass is 35.5. The van der Waals surface area contributed by atoms with Gasteiger partial charge in [0.25, 0.3) is 0 Å². The number of pyridine rings is 1. The molecule has 0 saturated carbocycles. The summed E-state index contributed by atoms with van der Waals surface area (Å²) in [5.74, 6) is 1.06. The van der Waals surface area contributed by atoms with Crippen LogP contribution in [0, 0.1) is 0 Å². The van der Waals surface area contributed by atoms with Crippen molar-refractivity contribution in [3.63, 3.8) is 0 Å². The standard InChI is InChI=1S/C19H20ClN5O/c1-12(26)22-16-10-21-24-18(16)14-6-4-8-25(11-14)19-15-7-3-2-5-13(15)9-17(20)23-19/h2-3,5,7,9-10,14H,4,6,8,11H2,1H3,(H,21,24)(H,22,26). The predicted molar refractivity (Wildman–Crippen MR) is 104 cm³/mol. The fourth-order valence-corrected chi connectivity index (χ4v) is 3.89. The van der Waals surface area contributed by atoms with Gasteiger partial charge in [-0.3, -0.25) is 9.89 Å². The molecule has 26 heavy (non-hydrogen) atoms. The number of carbonyl (C=O) groups is 1. The van der Waals surface area contributed by atoms with Crippen molar-refractivity contribution in [1.29, 1.82) is 0 Å². The van der Waals surface area contributed by atoms with Gasteiger partial charge in [-0.05, 0) is 24.3 Å². The van der Waals surface area contributed by atoms with E-state index < -0.39 is 0 Å². The van der Waals surface area contributed by atoms with E-state index in [0.717, 1.165) is 53.9 Å². The van der Waals surface area contributed by atoms with E-state index in [2.05, 4.69) is 37.5 Å². The zero-order valence-corrected chi connectivity index (χ0v) is 15.3. The molecule has 2 N–H and O–H groups in total. The Hall–Kier alpha value is -2.60. The summed E-state index contributed by atoms with van der Waals surface area (Å²) in [6.45, 7) is 3.23. The molecule has 0 radical (unpaired) electrons. The Morgan fingerprint density at radius 2 is 2.23 bits per heavy atom. The maximum absolute atomic E-state index is 11.4. The first kappa shape index (κ1) is 16.8. The first-order valence-corrected chi connectivity index (χ1v) is 9.10. The number of rotatable bonds is 3. The number of hydrogen-bond donors (Lipinski definition) is 2. The maximum Gasteiger partial charge on any atom is 0.221 e. The molecule has 0 spiro atoms. The lowest BCUT2D eigenvalue weighted by atomic mass is 9.93. The summed E-state index contributed by atoms with van der Waals surface area (Å²) in [7, 11) is 0. The molecule has 1 aliphatic heterocycles. The van der Waals surface area contributed by atoms with Crippen LogP contribution in [0.1, 0.15) is 31.4 Å². The van der Waals surface area contributed by atoms with Crippen LogP contribution in [0.5, 0.6) is 0 Å². The number of nitrogens with one attached hydrogen (secondary N) is 2. The average molecular weight is 370 g/mol. The van der Waals surface area contributed by atoms with Gasteiger partial charge in [-0.15, -0.1) is 0 Å². The number of anilines is 2. The third-order valence-electron chi connectivity index (χ3n) is 4.80. The van der Waals surface area contributed by atoms with Crippen LogP contribution in [0.15, 0.2) is 36.5 Å². The molecule has 134 valence electrons. The normalized spacial score (nSPS) is 17.5. The van der Waals surface area contributed by atoms with Crippen LogP contribution in [-0.4, -0.2) is 34.2 Å². The van der Waals surface area contributed by atoms with E-state index in [0.29, 0.717) is 5.15 Å². The van der Waals surface area contributed by atoms with Gasteiger partial charge >= 0.3 is 0 Å². The van der Waals surface area contributed by atoms with Gasteiger partial charge < -0.3 is 10.2 Å². The van der Waals surface area contributed by atoms with Crippen molar-refractivity contribution in [2.75, 3.05) is 23.3 Å². The summed E-state index contributed by atoms with van der Waals surface area (Å²) in [4.78, 5) is 18.3. The Kier molecular flexibility index (Phi) is 4.51. The Morgan fingerprint density at radius 1 is 1.38 bits per heavy atom. The number of H-pyrrole nitrogens is 1. The van der Waals surface area contributed by atoms with Crippen molar-refractivity contribution in [2.24, 2.45) is 0 Å². The Labute approximate surface area is 156 Å². The van der Waals surface area contributed by atoms with Crippen molar-refractivity contribution in [2.45, 2.75) is 25.7 Å². The largest absolute Gasteiger partial charge is 0.355 e. The highest BCUT2D eigenvalue weighted by Gasteiger charge is 2.27. The lowest BCUT2D eigenvalue weighted by Crippen LogP contribution is -2.35. The molecule has 6 nitrogen and oxygen atoms in total. The van der Waals surface area contributed by atoms with Crippen LogP contribution >= 0.6 is 11.6 Å². The molecule has 1 saturated heterocycles. The van der Waals surface area contributed by atoms with Crippen molar-refractivity contribution in [3.8, 4) is 0 Å². The Bertz CT molecular complexity index is 954. The molecule has 1 aromatic carbocycles.